The van der Waals surface area contributed by atoms with Crippen molar-refractivity contribution in [3.8, 4) is 0 Å². The van der Waals surface area contributed by atoms with Crippen LogP contribution in [-0.4, -0.2) is 45.2 Å². The predicted octanol–water partition coefficient (Wildman–Crippen LogP) is 1.68. The minimum Gasteiger partial charge on any atom is -0.465 e. The van der Waals surface area contributed by atoms with Crippen LogP contribution in [0.1, 0.15) is 26.7 Å². The Morgan fingerprint density at radius 2 is 1.67 bits per heavy atom. The average molecular weight is 374 g/mol. The molecule has 1 atom stereocenters. The smallest absolute Gasteiger partial charge is 0.465 e. The second-order valence-corrected chi connectivity index (χ2v) is 6.36. The first-order chi connectivity index (χ1) is 11.0. The Kier molecular flexibility index (Phi) is 6.39. The molecule has 0 spiro atoms. The molecule has 0 radical (unpaired) electrons. The summed E-state index contributed by atoms with van der Waals surface area (Å²) < 4.78 is 73.9. The van der Waals surface area contributed by atoms with Crippen LogP contribution in [0, 0.1) is 5.41 Å². The van der Waals surface area contributed by atoms with Crippen molar-refractivity contribution in [2.24, 2.45) is 5.41 Å². The molecule has 1 aliphatic rings. The summed E-state index contributed by atoms with van der Waals surface area (Å²) in [4.78, 5) is 24.5. The van der Waals surface area contributed by atoms with Crippen molar-refractivity contribution < 1.29 is 44.8 Å². The first-order valence-electron chi connectivity index (χ1n) is 7.03. The molecule has 1 unspecified atom stereocenters. The van der Waals surface area contributed by atoms with E-state index < -0.39 is 39.1 Å². The van der Waals surface area contributed by atoms with Gasteiger partial charge in [-0.1, -0.05) is 12.2 Å². The molecule has 1 aliphatic carbocycles. The van der Waals surface area contributed by atoms with E-state index in [0.717, 1.165) is 6.08 Å². The number of ether oxygens (including phenoxy) is 2. The zero-order valence-corrected chi connectivity index (χ0v) is 13.8. The second-order valence-electron chi connectivity index (χ2n) is 4.80. The molecular formula is C13H17F3O7S. The normalized spacial score (nSPS) is 20.5. The Hall–Kier alpha value is -1.62. The molecule has 138 valence electrons. The molecule has 24 heavy (non-hydrogen) atoms. The maximum Gasteiger partial charge on any atom is 0.523 e. The fraction of sp³-hybridized carbons (Fsp3) is 0.692. The van der Waals surface area contributed by atoms with Gasteiger partial charge in [0.15, 0.2) is 5.41 Å². The van der Waals surface area contributed by atoms with E-state index in [0.29, 0.717) is 0 Å². The minimum absolute atomic E-state index is 0.129. The molecule has 0 aromatic rings. The number of esters is 2. The Morgan fingerprint density at radius 3 is 2.08 bits per heavy atom. The first kappa shape index (κ1) is 20.4. The maximum atomic E-state index is 12.6. The van der Waals surface area contributed by atoms with E-state index in [9.17, 15) is 31.2 Å². The molecule has 0 saturated heterocycles. The number of halogens is 3. The van der Waals surface area contributed by atoms with Crippen LogP contribution in [0.2, 0.25) is 0 Å². The van der Waals surface area contributed by atoms with E-state index in [1.807, 2.05) is 0 Å². The topological polar surface area (TPSA) is 96.0 Å². The largest absolute Gasteiger partial charge is 0.523 e. The van der Waals surface area contributed by atoms with Crippen LogP contribution in [0.3, 0.4) is 0 Å². The standard InChI is InChI=1S/C13H17F3O7S/c1-3-21-10(17)12(11(18)22-4-2)8-6-5-7-9(12)23-24(19,20)13(14,15)16/h5,7,9H,3-4,6,8H2,1-2H3. The summed E-state index contributed by atoms with van der Waals surface area (Å²) >= 11 is 0. The van der Waals surface area contributed by atoms with E-state index >= 15 is 0 Å². The van der Waals surface area contributed by atoms with Crippen LogP contribution in [0.4, 0.5) is 13.2 Å². The van der Waals surface area contributed by atoms with E-state index in [4.69, 9.17) is 9.47 Å². The molecule has 0 amide bonds. The SMILES string of the molecule is CCOC(=O)C1(C(=O)OCC)CCC=CC1OS(=O)(=O)C(F)(F)F. The average Bonchev–Trinajstić information content (AvgIpc) is 2.46. The molecule has 0 N–H and O–H groups in total. The summed E-state index contributed by atoms with van der Waals surface area (Å²) in [5, 5.41) is 0. The van der Waals surface area contributed by atoms with Crippen LogP contribution in [0.25, 0.3) is 0 Å². The van der Waals surface area contributed by atoms with Gasteiger partial charge in [0.05, 0.1) is 13.2 Å². The van der Waals surface area contributed by atoms with Crippen LogP contribution in [0.5, 0.6) is 0 Å². The third-order valence-corrected chi connectivity index (χ3v) is 4.32. The molecule has 7 nitrogen and oxygen atoms in total. The molecule has 0 aromatic carbocycles. The minimum atomic E-state index is -6.03. The molecule has 0 saturated carbocycles. The van der Waals surface area contributed by atoms with Crippen molar-refractivity contribution in [2.45, 2.75) is 38.3 Å². The molecule has 1 rings (SSSR count). The summed E-state index contributed by atoms with van der Waals surface area (Å²) in [5.41, 5.74) is -8.02. The van der Waals surface area contributed by atoms with Gasteiger partial charge in [0, 0.05) is 0 Å². The van der Waals surface area contributed by atoms with Gasteiger partial charge in [0.25, 0.3) is 0 Å². The van der Waals surface area contributed by atoms with Crippen molar-refractivity contribution in [1.82, 2.24) is 0 Å². The number of carbonyl (C=O) groups excluding carboxylic acids is 2. The lowest BCUT2D eigenvalue weighted by Gasteiger charge is -2.35. The highest BCUT2D eigenvalue weighted by Crippen LogP contribution is 2.40. The fourth-order valence-corrected chi connectivity index (χ4v) is 2.79. The van der Waals surface area contributed by atoms with Crippen molar-refractivity contribution in [1.29, 1.82) is 0 Å². The lowest BCUT2D eigenvalue weighted by molar-refractivity contribution is -0.179. The molecule has 0 bridgehead atoms. The number of hydrogen-bond acceptors (Lipinski definition) is 7. The van der Waals surface area contributed by atoms with Gasteiger partial charge in [-0.15, -0.1) is 0 Å². The zero-order valence-electron chi connectivity index (χ0n) is 13.0. The van der Waals surface area contributed by atoms with E-state index in [-0.39, 0.29) is 26.1 Å². The van der Waals surface area contributed by atoms with E-state index in [1.54, 1.807) is 0 Å². The molecule has 0 aliphatic heterocycles. The maximum absolute atomic E-state index is 12.6. The lowest BCUT2D eigenvalue weighted by atomic mass is 9.74. The summed E-state index contributed by atoms with van der Waals surface area (Å²) in [7, 11) is -6.03. The number of allylic oxidation sites excluding steroid dienone is 1. The fourth-order valence-electron chi connectivity index (χ4n) is 2.18. The first-order valence-corrected chi connectivity index (χ1v) is 8.44. The summed E-state index contributed by atoms with van der Waals surface area (Å²) in [6, 6.07) is 0. The predicted molar refractivity (Wildman–Crippen MR) is 73.9 cm³/mol. The van der Waals surface area contributed by atoms with Crippen molar-refractivity contribution >= 4 is 22.1 Å². The van der Waals surface area contributed by atoms with E-state index in [1.165, 1.54) is 19.9 Å². The zero-order chi connectivity index (χ0) is 18.6. The summed E-state index contributed by atoms with van der Waals surface area (Å²) in [6.45, 7) is 2.53. The van der Waals surface area contributed by atoms with Gasteiger partial charge in [0.1, 0.15) is 6.10 Å². The highest BCUT2D eigenvalue weighted by molar-refractivity contribution is 7.87. The van der Waals surface area contributed by atoms with Gasteiger partial charge in [0.2, 0.25) is 0 Å². The Balaban J connectivity index is 3.35. The van der Waals surface area contributed by atoms with Gasteiger partial charge < -0.3 is 9.47 Å². The van der Waals surface area contributed by atoms with Gasteiger partial charge in [-0.3, -0.25) is 13.8 Å². The molecular weight excluding hydrogens is 357 g/mol. The van der Waals surface area contributed by atoms with Crippen LogP contribution >= 0.6 is 0 Å². The molecule has 0 aromatic heterocycles. The third-order valence-electron chi connectivity index (χ3n) is 3.30. The molecule has 0 heterocycles. The highest BCUT2D eigenvalue weighted by Gasteiger charge is 2.59. The highest BCUT2D eigenvalue weighted by atomic mass is 32.2. The quantitative estimate of drug-likeness (QED) is 0.229. The lowest BCUT2D eigenvalue weighted by Crippen LogP contribution is -2.53. The molecule has 0 fully saturated rings. The van der Waals surface area contributed by atoms with Crippen molar-refractivity contribution in [3.63, 3.8) is 0 Å². The van der Waals surface area contributed by atoms with Crippen molar-refractivity contribution in [2.75, 3.05) is 13.2 Å². The molecule has 11 heteroatoms. The van der Waals surface area contributed by atoms with Crippen molar-refractivity contribution in [3.05, 3.63) is 12.2 Å². The van der Waals surface area contributed by atoms with Crippen LogP contribution in [0.15, 0.2) is 12.2 Å². The second kappa shape index (κ2) is 7.51. The Bertz CT molecular complexity index is 592. The van der Waals surface area contributed by atoms with E-state index in [2.05, 4.69) is 4.18 Å². The van der Waals surface area contributed by atoms with Crippen LogP contribution in [-0.2, 0) is 33.4 Å². The number of carbonyl (C=O) groups is 2. The van der Waals surface area contributed by atoms with Gasteiger partial charge in [-0.25, -0.2) is 0 Å². The number of hydrogen-bond donors (Lipinski definition) is 0. The van der Waals surface area contributed by atoms with Gasteiger partial charge in [-0.05, 0) is 26.7 Å². The Morgan fingerprint density at radius 1 is 1.17 bits per heavy atom. The number of rotatable bonds is 6. The van der Waals surface area contributed by atoms with Crippen LogP contribution < -0.4 is 0 Å². The van der Waals surface area contributed by atoms with Gasteiger partial charge >= 0.3 is 27.6 Å². The monoisotopic (exact) mass is 374 g/mol. The third kappa shape index (κ3) is 3.89. The van der Waals surface area contributed by atoms with Gasteiger partial charge in [-0.2, -0.15) is 21.6 Å². The Labute approximate surface area is 136 Å². The number of alkyl halides is 3. The summed E-state index contributed by atoms with van der Waals surface area (Å²) in [6.07, 6.45) is 0.0346. The summed E-state index contributed by atoms with van der Waals surface area (Å²) in [5.74, 6) is -2.40.